The minimum absolute atomic E-state index is 0.0222. The molecule has 2 rings (SSSR count). The number of hydrogen-bond donors (Lipinski definition) is 1. The van der Waals surface area contributed by atoms with Crippen LogP contribution in [0.1, 0.15) is 19.3 Å². The maximum absolute atomic E-state index is 11.7. The Morgan fingerprint density at radius 2 is 2.00 bits per heavy atom. The van der Waals surface area contributed by atoms with Crippen molar-refractivity contribution in [3.8, 4) is 0 Å². The van der Waals surface area contributed by atoms with Crippen molar-refractivity contribution in [2.75, 3.05) is 39.9 Å². The first-order valence-electron chi connectivity index (χ1n) is 6.41. The topological polar surface area (TPSA) is 53.0 Å². The van der Waals surface area contributed by atoms with E-state index >= 15 is 0 Å². The summed E-state index contributed by atoms with van der Waals surface area (Å²) in [6.45, 7) is 3.30. The number of nitrogens with zero attached hydrogens (tertiary/aromatic N) is 2. The first-order chi connectivity index (χ1) is 8.22. The minimum Gasteiger partial charge on any atom is -0.390 e. The van der Waals surface area contributed by atoms with Crippen LogP contribution < -0.4 is 0 Å². The van der Waals surface area contributed by atoms with Crippen LogP contribution in [0.3, 0.4) is 0 Å². The predicted molar refractivity (Wildman–Crippen MR) is 63.7 cm³/mol. The van der Waals surface area contributed by atoms with Crippen molar-refractivity contribution in [2.45, 2.75) is 31.4 Å². The third-order valence-electron chi connectivity index (χ3n) is 3.74. The highest BCUT2D eigenvalue weighted by atomic mass is 16.5. The number of carbonyl (C=O) groups excluding carboxylic acids is 1. The molecular weight excluding hydrogens is 220 g/mol. The van der Waals surface area contributed by atoms with Crippen molar-refractivity contribution < 1.29 is 14.6 Å². The first kappa shape index (κ1) is 12.8. The summed E-state index contributed by atoms with van der Waals surface area (Å²) in [6.07, 6.45) is 3.28. The number of ether oxygens (including phenoxy) is 1. The first-order valence-corrected chi connectivity index (χ1v) is 6.41. The maximum Gasteiger partial charge on any atom is 0.248 e. The number of piperidine rings is 1. The van der Waals surface area contributed by atoms with Gasteiger partial charge >= 0.3 is 0 Å². The Morgan fingerprint density at radius 1 is 1.29 bits per heavy atom. The summed E-state index contributed by atoms with van der Waals surface area (Å²) in [5.41, 5.74) is 0. The molecule has 5 heteroatoms. The van der Waals surface area contributed by atoms with Crippen molar-refractivity contribution in [1.29, 1.82) is 0 Å². The van der Waals surface area contributed by atoms with Crippen LogP contribution in [0.4, 0.5) is 0 Å². The lowest BCUT2D eigenvalue weighted by molar-refractivity contribution is -0.134. The number of methoxy groups -OCH3 is 1. The SMILES string of the molecule is COCC(=O)N1C[C@H](O)[C@@H](N2CCCCC2)C1. The fourth-order valence-corrected chi connectivity index (χ4v) is 2.80. The molecule has 0 aliphatic carbocycles. The molecule has 0 spiro atoms. The molecule has 2 heterocycles. The van der Waals surface area contributed by atoms with E-state index < -0.39 is 6.10 Å². The molecule has 2 aliphatic rings. The highest BCUT2D eigenvalue weighted by Crippen LogP contribution is 2.20. The Kier molecular flexibility index (Phi) is 4.36. The van der Waals surface area contributed by atoms with Gasteiger partial charge in [0.2, 0.25) is 5.91 Å². The summed E-state index contributed by atoms with van der Waals surface area (Å²) in [5, 5.41) is 10.1. The van der Waals surface area contributed by atoms with Gasteiger partial charge in [0.1, 0.15) is 6.61 Å². The zero-order valence-electron chi connectivity index (χ0n) is 10.5. The van der Waals surface area contributed by atoms with E-state index in [1.807, 2.05) is 0 Å². The molecule has 2 atom stereocenters. The fraction of sp³-hybridized carbons (Fsp3) is 0.917. The highest BCUT2D eigenvalue weighted by Gasteiger charge is 2.37. The van der Waals surface area contributed by atoms with E-state index in [4.69, 9.17) is 4.74 Å². The van der Waals surface area contributed by atoms with Crippen LogP contribution in [0.15, 0.2) is 0 Å². The number of rotatable bonds is 3. The van der Waals surface area contributed by atoms with Gasteiger partial charge in [-0.25, -0.2) is 0 Å². The van der Waals surface area contributed by atoms with Crippen molar-refractivity contribution in [3.05, 3.63) is 0 Å². The van der Waals surface area contributed by atoms with Gasteiger partial charge in [0.05, 0.1) is 12.1 Å². The van der Waals surface area contributed by atoms with E-state index in [-0.39, 0.29) is 18.6 Å². The van der Waals surface area contributed by atoms with Gasteiger partial charge in [-0.2, -0.15) is 0 Å². The second-order valence-corrected chi connectivity index (χ2v) is 4.96. The van der Waals surface area contributed by atoms with Gasteiger partial charge in [-0.15, -0.1) is 0 Å². The van der Waals surface area contributed by atoms with Crippen LogP contribution in [0.25, 0.3) is 0 Å². The largest absolute Gasteiger partial charge is 0.390 e. The van der Waals surface area contributed by atoms with E-state index in [1.165, 1.54) is 26.4 Å². The molecule has 2 aliphatic heterocycles. The second-order valence-electron chi connectivity index (χ2n) is 4.96. The Bertz CT molecular complexity index is 266. The van der Waals surface area contributed by atoms with Crippen LogP contribution in [0.2, 0.25) is 0 Å². The van der Waals surface area contributed by atoms with Crippen LogP contribution in [-0.4, -0.2) is 72.9 Å². The Hall–Kier alpha value is -0.650. The number of β-amino-alcohol motifs (C(OH)–C–C–N with tert-alkyl or cyclic N) is 1. The number of aliphatic hydroxyl groups excluding tert-OH is 1. The molecule has 0 radical (unpaired) electrons. The van der Waals surface area contributed by atoms with Gasteiger partial charge in [0.25, 0.3) is 0 Å². The molecule has 0 saturated carbocycles. The van der Waals surface area contributed by atoms with Gasteiger partial charge in [-0.1, -0.05) is 6.42 Å². The smallest absolute Gasteiger partial charge is 0.248 e. The van der Waals surface area contributed by atoms with Crippen molar-refractivity contribution >= 4 is 5.91 Å². The molecular formula is C12H22N2O3. The van der Waals surface area contributed by atoms with Crippen molar-refractivity contribution in [3.63, 3.8) is 0 Å². The molecule has 1 N–H and O–H groups in total. The highest BCUT2D eigenvalue weighted by molar-refractivity contribution is 5.77. The molecule has 0 aromatic heterocycles. The molecule has 1 amide bonds. The zero-order valence-corrected chi connectivity index (χ0v) is 10.5. The van der Waals surface area contributed by atoms with Crippen LogP contribution in [-0.2, 0) is 9.53 Å². The third kappa shape index (κ3) is 2.97. The van der Waals surface area contributed by atoms with E-state index in [1.54, 1.807) is 4.90 Å². The normalized spacial score (nSPS) is 30.8. The van der Waals surface area contributed by atoms with Crippen LogP contribution >= 0.6 is 0 Å². The van der Waals surface area contributed by atoms with Gasteiger partial charge < -0.3 is 14.7 Å². The molecule has 98 valence electrons. The fourth-order valence-electron chi connectivity index (χ4n) is 2.80. The minimum atomic E-state index is -0.408. The summed E-state index contributed by atoms with van der Waals surface area (Å²) in [5.74, 6) is -0.0222. The van der Waals surface area contributed by atoms with E-state index in [9.17, 15) is 9.90 Å². The van der Waals surface area contributed by atoms with Crippen molar-refractivity contribution in [2.24, 2.45) is 0 Å². The van der Waals surface area contributed by atoms with Crippen LogP contribution in [0, 0.1) is 0 Å². The van der Waals surface area contributed by atoms with E-state index in [0.29, 0.717) is 13.1 Å². The van der Waals surface area contributed by atoms with Crippen molar-refractivity contribution in [1.82, 2.24) is 9.80 Å². The molecule has 5 nitrogen and oxygen atoms in total. The molecule has 0 unspecified atom stereocenters. The zero-order chi connectivity index (χ0) is 12.3. The lowest BCUT2D eigenvalue weighted by atomic mass is 10.1. The lowest BCUT2D eigenvalue weighted by Crippen LogP contribution is -2.46. The van der Waals surface area contributed by atoms with E-state index in [2.05, 4.69) is 4.90 Å². The van der Waals surface area contributed by atoms with Crippen LogP contribution in [0.5, 0.6) is 0 Å². The lowest BCUT2D eigenvalue weighted by Gasteiger charge is -2.33. The molecule has 0 bridgehead atoms. The number of carbonyl (C=O) groups is 1. The van der Waals surface area contributed by atoms with Gasteiger partial charge in [0.15, 0.2) is 0 Å². The summed E-state index contributed by atoms with van der Waals surface area (Å²) < 4.78 is 4.85. The molecule has 0 aromatic rings. The Morgan fingerprint density at radius 3 is 2.65 bits per heavy atom. The number of hydrogen-bond acceptors (Lipinski definition) is 4. The monoisotopic (exact) mass is 242 g/mol. The standard InChI is InChI=1S/C12H22N2O3/c1-17-9-12(16)14-7-10(11(15)8-14)13-5-3-2-4-6-13/h10-11,15H,2-9H2,1H3/t10-,11-/m0/s1. The molecule has 17 heavy (non-hydrogen) atoms. The Balaban J connectivity index is 1.89. The summed E-state index contributed by atoms with van der Waals surface area (Å²) in [7, 11) is 1.52. The third-order valence-corrected chi connectivity index (χ3v) is 3.74. The van der Waals surface area contributed by atoms with Gasteiger partial charge in [-0.05, 0) is 25.9 Å². The average Bonchev–Trinajstić information content (AvgIpc) is 2.73. The molecule has 0 aromatic carbocycles. The van der Waals surface area contributed by atoms with E-state index in [0.717, 1.165) is 13.1 Å². The summed E-state index contributed by atoms with van der Waals surface area (Å²) >= 11 is 0. The molecule has 2 fully saturated rings. The second kappa shape index (κ2) is 5.80. The number of likely N-dealkylation sites (tertiary alicyclic amines) is 2. The number of amides is 1. The predicted octanol–water partition coefficient (Wildman–Crippen LogP) is -0.310. The summed E-state index contributed by atoms with van der Waals surface area (Å²) in [6, 6.07) is 0.121. The maximum atomic E-state index is 11.7. The van der Waals surface area contributed by atoms with Gasteiger partial charge in [-0.3, -0.25) is 9.69 Å². The van der Waals surface area contributed by atoms with Gasteiger partial charge in [0, 0.05) is 20.2 Å². The average molecular weight is 242 g/mol. The summed E-state index contributed by atoms with van der Waals surface area (Å²) in [4.78, 5) is 15.7. The quantitative estimate of drug-likeness (QED) is 0.737. The number of aliphatic hydroxyl groups is 1. The molecule has 2 saturated heterocycles. The Labute approximate surface area is 102 Å².